The van der Waals surface area contributed by atoms with Crippen LogP contribution in [-0.2, 0) is 21.1 Å². The maximum absolute atomic E-state index is 3.56. The van der Waals surface area contributed by atoms with Crippen molar-refractivity contribution in [3.63, 3.8) is 0 Å². The molecule has 3 N–H and O–H groups in total. The summed E-state index contributed by atoms with van der Waals surface area (Å²) in [6.45, 7) is 0. The van der Waals surface area contributed by atoms with Crippen molar-refractivity contribution in [1.29, 1.82) is 0 Å². The number of nitrogens with one attached hydrogen (secondary N) is 3. The number of rotatable bonds is 5. The first kappa shape index (κ1) is 13.8. The average Bonchev–Trinajstić information content (AvgIpc) is 2.71. The molecule has 1 rings (SSSR count). The van der Waals surface area contributed by atoms with E-state index < -0.39 is 35.5 Å². The van der Waals surface area contributed by atoms with Gasteiger partial charge in [-0.1, -0.05) is 0 Å². The molecule has 0 unspecified atom stereocenters. The molecule has 1 aliphatic carbocycles. The molecule has 0 fully saturated rings. The monoisotopic (exact) mass is 349 g/mol. The van der Waals surface area contributed by atoms with E-state index in [4.69, 9.17) is 0 Å². The van der Waals surface area contributed by atoms with Crippen molar-refractivity contribution in [1.82, 2.24) is 9.78 Å². The minimum absolute atomic E-state index is 1.15. The Kier molecular flexibility index (Phi) is 5.47. The second kappa shape index (κ2) is 5.92. The molecule has 0 aromatic rings. The molecular weight excluding hydrogens is 326 g/mol. The first-order chi connectivity index (χ1) is 7.11. The summed E-state index contributed by atoms with van der Waals surface area (Å²) in [6.07, 6.45) is 5.85. The Hall–Kier alpha value is 0.786. The van der Waals surface area contributed by atoms with E-state index in [1.165, 1.54) is 0 Å². The molecule has 0 amide bonds. The standard InChI is InChI=1S/C7H11Ge.3CH4N.Zr/c1-8(2)7-5-3-4-6-7;3*1-2;/h3,5,8H,4H2,1-2H3;3*2H,1H3;/q;3*-1;+3. The SMILES string of the molecule is C[NH][Zr]([NH]C)([NH]C)[C]1=[C]([GeH]([CH3])[CH3])C=CC1. The van der Waals surface area contributed by atoms with Gasteiger partial charge in [-0.3, -0.25) is 0 Å². The van der Waals surface area contributed by atoms with Crippen molar-refractivity contribution >= 4 is 14.3 Å². The topological polar surface area (TPSA) is 36.1 Å². The molecule has 5 heteroatoms. The molecule has 0 aliphatic heterocycles. The minimum atomic E-state index is -2.60. The predicted molar refractivity (Wildman–Crippen MR) is 66.8 cm³/mol. The number of allylic oxidation sites excluding steroid dienone is 4. The van der Waals surface area contributed by atoms with Crippen LogP contribution in [0.25, 0.3) is 0 Å². The summed E-state index contributed by atoms with van der Waals surface area (Å²) in [6, 6.07) is 0. The molecule has 15 heavy (non-hydrogen) atoms. The molecule has 86 valence electrons. The van der Waals surface area contributed by atoms with Gasteiger partial charge in [0.25, 0.3) is 0 Å². The van der Waals surface area contributed by atoms with Gasteiger partial charge in [0.1, 0.15) is 0 Å². The first-order valence-corrected chi connectivity index (χ1v) is 16.5. The Labute approximate surface area is 103 Å². The molecule has 0 aromatic carbocycles. The van der Waals surface area contributed by atoms with Crippen LogP contribution in [0.3, 0.4) is 0 Å². The van der Waals surface area contributed by atoms with Crippen molar-refractivity contribution in [2.75, 3.05) is 21.1 Å². The van der Waals surface area contributed by atoms with E-state index in [-0.39, 0.29) is 0 Å². The molecule has 0 heterocycles. The third-order valence-electron chi connectivity index (χ3n) is 3.17. The third-order valence-corrected chi connectivity index (χ3v) is 17.4. The quantitative estimate of drug-likeness (QED) is 0.643. The van der Waals surface area contributed by atoms with Crippen LogP contribution in [0.4, 0.5) is 0 Å². The van der Waals surface area contributed by atoms with Crippen molar-refractivity contribution in [2.45, 2.75) is 17.9 Å². The Bertz CT molecular complexity index is 274. The molecule has 0 radical (unpaired) electrons. The van der Waals surface area contributed by atoms with Crippen LogP contribution >= 0.6 is 0 Å². The fraction of sp³-hybridized carbons (Fsp3) is 0.600. The van der Waals surface area contributed by atoms with E-state index in [0.29, 0.717) is 0 Å². The molecule has 0 saturated carbocycles. The summed E-state index contributed by atoms with van der Waals surface area (Å²) in [5.41, 5.74) is 0. The summed E-state index contributed by atoms with van der Waals surface area (Å²) in [7, 11) is 6.25. The molecule has 0 spiro atoms. The molecular formula is C10H23GeN3Zr. The zero-order chi connectivity index (χ0) is 11.5. The zero-order valence-electron chi connectivity index (χ0n) is 10.4. The number of hydrogen-bond donors (Lipinski definition) is 3. The summed E-state index contributed by atoms with van der Waals surface area (Å²) in [5, 5.41) is 0. The van der Waals surface area contributed by atoms with Gasteiger partial charge in [-0.2, -0.15) is 0 Å². The van der Waals surface area contributed by atoms with Gasteiger partial charge in [-0.15, -0.1) is 0 Å². The number of hydrogen-bond acceptors (Lipinski definition) is 3. The fourth-order valence-electron chi connectivity index (χ4n) is 2.26. The first-order valence-electron chi connectivity index (χ1n) is 5.58. The van der Waals surface area contributed by atoms with E-state index >= 15 is 0 Å². The Morgan fingerprint density at radius 1 is 1.13 bits per heavy atom. The van der Waals surface area contributed by atoms with Gasteiger partial charge in [-0.25, -0.2) is 0 Å². The Morgan fingerprint density at radius 2 is 1.67 bits per heavy atom. The van der Waals surface area contributed by atoms with Crippen LogP contribution in [0.5, 0.6) is 0 Å². The Balaban J connectivity index is 3.09. The average molecular weight is 349 g/mol. The van der Waals surface area contributed by atoms with Crippen LogP contribution in [0.1, 0.15) is 6.42 Å². The van der Waals surface area contributed by atoms with Gasteiger partial charge >= 0.3 is 104 Å². The zero-order valence-corrected chi connectivity index (χ0v) is 15.3. The fourth-order valence-corrected chi connectivity index (χ4v) is 17.8. The van der Waals surface area contributed by atoms with Crippen LogP contribution in [-0.4, -0.2) is 35.5 Å². The summed E-state index contributed by atoms with van der Waals surface area (Å²) in [5.74, 6) is 4.91. The molecule has 0 aromatic heterocycles. The van der Waals surface area contributed by atoms with Gasteiger partial charge in [-0.05, 0) is 0 Å². The molecule has 1 aliphatic rings. The van der Waals surface area contributed by atoms with E-state index in [1.54, 1.807) is 7.69 Å². The normalized spacial score (nSPS) is 16.9. The third kappa shape index (κ3) is 2.72. The van der Waals surface area contributed by atoms with Gasteiger partial charge < -0.3 is 0 Å². The predicted octanol–water partition coefficient (Wildman–Crippen LogP) is 0.783. The second-order valence-corrected chi connectivity index (χ2v) is 19.2. The van der Waals surface area contributed by atoms with Gasteiger partial charge in [0.15, 0.2) is 0 Å². The molecule has 0 saturated heterocycles. The van der Waals surface area contributed by atoms with Crippen molar-refractivity contribution in [2.24, 2.45) is 0 Å². The van der Waals surface area contributed by atoms with Crippen LogP contribution in [0, 0.1) is 0 Å². The van der Waals surface area contributed by atoms with Gasteiger partial charge in [0, 0.05) is 0 Å². The maximum atomic E-state index is 3.56. The van der Waals surface area contributed by atoms with Gasteiger partial charge in [0.2, 0.25) is 0 Å². The van der Waals surface area contributed by atoms with Gasteiger partial charge in [0.05, 0.1) is 0 Å². The summed E-state index contributed by atoms with van der Waals surface area (Å²) < 4.78 is 14.1. The van der Waals surface area contributed by atoms with E-state index in [1.807, 2.05) is 0 Å². The Morgan fingerprint density at radius 3 is 2.07 bits per heavy atom. The molecule has 0 atom stereocenters. The van der Waals surface area contributed by atoms with Crippen LogP contribution in [0.2, 0.25) is 11.5 Å². The van der Waals surface area contributed by atoms with Crippen molar-refractivity contribution < 1.29 is 21.1 Å². The van der Waals surface area contributed by atoms with Crippen LogP contribution < -0.4 is 9.78 Å². The van der Waals surface area contributed by atoms with Crippen molar-refractivity contribution in [3.8, 4) is 0 Å². The van der Waals surface area contributed by atoms with E-state index in [2.05, 4.69) is 54.6 Å². The van der Waals surface area contributed by atoms with Crippen molar-refractivity contribution in [3.05, 3.63) is 19.8 Å². The molecule has 0 bridgehead atoms. The van der Waals surface area contributed by atoms with Crippen LogP contribution in [0.15, 0.2) is 19.8 Å². The second-order valence-electron chi connectivity index (χ2n) is 4.20. The van der Waals surface area contributed by atoms with E-state index in [9.17, 15) is 0 Å². The summed E-state index contributed by atoms with van der Waals surface area (Å²) in [4.78, 5) is 0. The summed E-state index contributed by atoms with van der Waals surface area (Å²) >= 11 is -3.76. The molecule has 3 nitrogen and oxygen atoms in total. The van der Waals surface area contributed by atoms with E-state index in [0.717, 1.165) is 6.42 Å².